The van der Waals surface area contributed by atoms with Crippen molar-refractivity contribution in [2.45, 2.75) is 39.5 Å². The molecule has 1 N–H and O–H groups in total. The number of nitrogens with one attached hydrogen (secondary N) is 1. The normalized spacial score (nSPS) is 11.0. The highest BCUT2D eigenvalue weighted by Gasteiger charge is 2.13. The van der Waals surface area contributed by atoms with Gasteiger partial charge in [0.1, 0.15) is 5.75 Å². The molecule has 0 radical (unpaired) electrons. The van der Waals surface area contributed by atoms with E-state index in [4.69, 9.17) is 9.72 Å². The average Bonchev–Trinajstić information content (AvgIpc) is 3.36. The van der Waals surface area contributed by atoms with E-state index in [2.05, 4.69) is 24.4 Å². The molecule has 2 heterocycles. The predicted molar refractivity (Wildman–Crippen MR) is 127 cm³/mol. The molecule has 0 fully saturated rings. The second-order valence-corrected chi connectivity index (χ2v) is 8.33. The summed E-state index contributed by atoms with van der Waals surface area (Å²) in [5.74, 6) is 0.820. The minimum absolute atomic E-state index is 0.0303. The van der Waals surface area contributed by atoms with Gasteiger partial charge in [0, 0.05) is 28.5 Å². The van der Waals surface area contributed by atoms with Crippen molar-refractivity contribution in [2.24, 2.45) is 0 Å². The van der Waals surface area contributed by atoms with Crippen LogP contribution in [0.3, 0.4) is 0 Å². The van der Waals surface area contributed by atoms with E-state index in [-0.39, 0.29) is 5.91 Å². The van der Waals surface area contributed by atoms with Crippen LogP contribution in [0.4, 0.5) is 5.69 Å². The lowest BCUT2D eigenvalue weighted by Crippen LogP contribution is -2.15. The number of amides is 1. The first-order chi connectivity index (χ1) is 15.2. The topological polar surface area (TPSA) is 55.6 Å². The van der Waals surface area contributed by atoms with Gasteiger partial charge in [-0.1, -0.05) is 25.5 Å². The number of unbranched alkanes of at least 4 members (excludes halogenated alkanes) is 1. The second-order valence-electron chi connectivity index (χ2n) is 7.49. The third kappa shape index (κ3) is 5.14. The summed E-state index contributed by atoms with van der Waals surface area (Å²) >= 11 is 1.55. The molecule has 2 aromatic heterocycles. The van der Waals surface area contributed by atoms with Crippen LogP contribution in [-0.4, -0.2) is 21.9 Å². The molecule has 31 heavy (non-hydrogen) atoms. The van der Waals surface area contributed by atoms with Crippen molar-refractivity contribution in [1.29, 1.82) is 0 Å². The molecule has 0 aliphatic carbocycles. The molecule has 0 spiro atoms. The quantitative estimate of drug-likeness (QED) is 0.353. The average molecular weight is 434 g/mol. The number of hydrogen-bond donors (Lipinski definition) is 1. The van der Waals surface area contributed by atoms with Crippen LogP contribution in [0.25, 0.3) is 16.2 Å². The first-order valence-electron chi connectivity index (χ1n) is 10.7. The summed E-state index contributed by atoms with van der Waals surface area (Å²) in [6.45, 7) is 4.81. The summed E-state index contributed by atoms with van der Waals surface area (Å²) in [5.41, 5.74) is 4.98. The van der Waals surface area contributed by atoms with Crippen molar-refractivity contribution in [3.63, 3.8) is 0 Å². The molecule has 0 saturated carbocycles. The molecule has 5 nitrogen and oxygen atoms in total. The molecule has 6 heteroatoms. The number of imidazole rings is 1. The first kappa shape index (κ1) is 21.1. The molecular weight excluding hydrogens is 406 g/mol. The number of nitrogens with zero attached hydrogens (tertiary/aromatic N) is 2. The Balaban J connectivity index is 1.43. The standard InChI is InChI=1S/C25H27N3O2S/c1-3-5-6-18-7-11-20(12-8-18)26-24(29)15-21-17-31-25-27-23(16-28(21)25)19-9-13-22(14-10-19)30-4-2/h7-14,16-17H,3-6,15H2,1-2H3,(H,26,29). The van der Waals surface area contributed by atoms with Gasteiger partial charge < -0.3 is 10.1 Å². The van der Waals surface area contributed by atoms with Gasteiger partial charge in [0.25, 0.3) is 0 Å². The Morgan fingerprint density at radius 3 is 2.58 bits per heavy atom. The predicted octanol–water partition coefficient (Wildman–Crippen LogP) is 5.99. The molecule has 4 aromatic rings. The Morgan fingerprint density at radius 1 is 1.10 bits per heavy atom. The number of aryl methyl sites for hydroxylation is 1. The van der Waals surface area contributed by atoms with E-state index in [1.807, 2.05) is 59.3 Å². The van der Waals surface area contributed by atoms with Gasteiger partial charge in [-0.05, 0) is 61.7 Å². The molecule has 0 unspecified atom stereocenters. The molecule has 0 aliphatic rings. The lowest BCUT2D eigenvalue weighted by Gasteiger charge is -2.06. The van der Waals surface area contributed by atoms with Gasteiger partial charge in [0.05, 0.1) is 18.7 Å². The third-order valence-electron chi connectivity index (χ3n) is 5.14. The van der Waals surface area contributed by atoms with E-state index in [0.717, 1.165) is 39.8 Å². The van der Waals surface area contributed by atoms with E-state index in [1.54, 1.807) is 11.3 Å². The maximum absolute atomic E-state index is 12.6. The monoisotopic (exact) mass is 433 g/mol. The molecule has 4 rings (SSSR count). The Hall–Kier alpha value is -3.12. The smallest absolute Gasteiger partial charge is 0.230 e. The molecule has 160 valence electrons. The van der Waals surface area contributed by atoms with Crippen molar-refractivity contribution in [3.05, 3.63) is 71.4 Å². The number of thiazole rings is 1. The fourth-order valence-electron chi connectivity index (χ4n) is 3.49. The maximum atomic E-state index is 12.6. The van der Waals surface area contributed by atoms with Crippen LogP contribution in [0.2, 0.25) is 0 Å². The first-order valence-corrected chi connectivity index (χ1v) is 11.6. The summed E-state index contributed by atoms with van der Waals surface area (Å²) < 4.78 is 7.51. The second kappa shape index (κ2) is 9.79. The summed E-state index contributed by atoms with van der Waals surface area (Å²) in [6, 6.07) is 16.1. The molecule has 1 amide bonds. The SMILES string of the molecule is CCCCc1ccc(NC(=O)Cc2csc3nc(-c4ccc(OCC)cc4)cn23)cc1. The zero-order valence-corrected chi connectivity index (χ0v) is 18.7. The van der Waals surface area contributed by atoms with E-state index in [0.29, 0.717) is 13.0 Å². The van der Waals surface area contributed by atoms with E-state index >= 15 is 0 Å². The minimum Gasteiger partial charge on any atom is -0.494 e. The fraction of sp³-hybridized carbons (Fsp3) is 0.280. The number of ether oxygens (including phenoxy) is 1. The molecule has 0 bridgehead atoms. The number of aromatic nitrogens is 2. The summed E-state index contributed by atoms with van der Waals surface area (Å²) in [6.07, 6.45) is 5.74. The number of carbonyl (C=O) groups excluding carboxylic acids is 1. The van der Waals surface area contributed by atoms with Crippen molar-refractivity contribution in [2.75, 3.05) is 11.9 Å². The molecule has 2 aromatic carbocycles. The van der Waals surface area contributed by atoms with Crippen LogP contribution >= 0.6 is 11.3 Å². The fourth-order valence-corrected chi connectivity index (χ4v) is 4.36. The van der Waals surface area contributed by atoms with Gasteiger partial charge in [-0.3, -0.25) is 9.20 Å². The van der Waals surface area contributed by atoms with E-state index in [1.165, 1.54) is 18.4 Å². The van der Waals surface area contributed by atoms with Crippen molar-refractivity contribution < 1.29 is 9.53 Å². The third-order valence-corrected chi connectivity index (χ3v) is 6.03. The lowest BCUT2D eigenvalue weighted by molar-refractivity contribution is -0.115. The molecule has 0 aliphatic heterocycles. The Morgan fingerprint density at radius 2 is 1.87 bits per heavy atom. The van der Waals surface area contributed by atoms with E-state index in [9.17, 15) is 4.79 Å². The van der Waals surface area contributed by atoms with Crippen molar-refractivity contribution in [1.82, 2.24) is 9.38 Å². The van der Waals surface area contributed by atoms with Crippen LogP contribution in [0.1, 0.15) is 37.9 Å². The Labute approximate surface area is 186 Å². The zero-order chi connectivity index (χ0) is 21.6. The van der Waals surface area contributed by atoms with Crippen LogP contribution in [0.15, 0.2) is 60.1 Å². The van der Waals surface area contributed by atoms with Crippen molar-refractivity contribution >= 4 is 27.9 Å². The number of anilines is 1. The lowest BCUT2D eigenvalue weighted by atomic mass is 10.1. The molecule has 0 saturated heterocycles. The highest BCUT2D eigenvalue weighted by molar-refractivity contribution is 7.15. The minimum atomic E-state index is -0.0303. The van der Waals surface area contributed by atoms with Crippen LogP contribution in [0, 0.1) is 0 Å². The number of fused-ring (bicyclic) bond motifs is 1. The number of benzene rings is 2. The van der Waals surface area contributed by atoms with Gasteiger partial charge in [0.2, 0.25) is 5.91 Å². The molecular formula is C25H27N3O2S. The van der Waals surface area contributed by atoms with Crippen LogP contribution in [0.5, 0.6) is 5.75 Å². The van der Waals surface area contributed by atoms with Gasteiger partial charge in [-0.25, -0.2) is 4.98 Å². The molecule has 0 atom stereocenters. The van der Waals surface area contributed by atoms with Gasteiger partial charge in [0.15, 0.2) is 4.96 Å². The number of carbonyl (C=O) groups is 1. The van der Waals surface area contributed by atoms with Crippen molar-refractivity contribution in [3.8, 4) is 17.0 Å². The number of rotatable bonds is 9. The highest BCUT2D eigenvalue weighted by atomic mass is 32.1. The van der Waals surface area contributed by atoms with Crippen LogP contribution < -0.4 is 10.1 Å². The summed E-state index contributed by atoms with van der Waals surface area (Å²) in [5, 5.41) is 5.00. The van der Waals surface area contributed by atoms with E-state index < -0.39 is 0 Å². The number of hydrogen-bond acceptors (Lipinski definition) is 4. The van der Waals surface area contributed by atoms with Gasteiger partial charge in [-0.2, -0.15) is 0 Å². The maximum Gasteiger partial charge on any atom is 0.230 e. The highest BCUT2D eigenvalue weighted by Crippen LogP contribution is 2.26. The Kier molecular flexibility index (Phi) is 6.67. The van der Waals surface area contributed by atoms with Gasteiger partial charge in [-0.15, -0.1) is 11.3 Å². The van der Waals surface area contributed by atoms with Gasteiger partial charge >= 0.3 is 0 Å². The zero-order valence-electron chi connectivity index (χ0n) is 17.9. The van der Waals surface area contributed by atoms with Crippen LogP contribution in [-0.2, 0) is 17.6 Å². The Bertz CT molecular complexity index is 1140. The summed E-state index contributed by atoms with van der Waals surface area (Å²) in [4.78, 5) is 18.2. The largest absolute Gasteiger partial charge is 0.494 e. The summed E-state index contributed by atoms with van der Waals surface area (Å²) in [7, 11) is 0.